The van der Waals surface area contributed by atoms with E-state index in [4.69, 9.17) is 4.74 Å². The van der Waals surface area contributed by atoms with Crippen molar-refractivity contribution < 1.29 is 23.9 Å². The van der Waals surface area contributed by atoms with E-state index < -0.39 is 0 Å². The number of hydrogen-bond acceptors (Lipinski definition) is 5. The second-order valence-corrected chi connectivity index (χ2v) is 11.3. The Balaban J connectivity index is 2.23. The van der Waals surface area contributed by atoms with Gasteiger partial charge < -0.3 is 15.4 Å². The summed E-state index contributed by atoms with van der Waals surface area (Å²) < 4.78 is 5.82. The molecular weight excluding hydrogens is 444 g/mol. The maximum absolute atomic E-state index is 12.2. The van der Waals surface area contributed by atoms with Gasteiger partial charge in [0, 0.05) is 31.5 Å². The van der Waals surface area contributed by atoms with Gasteiger partial charge in [0.15, 0.2) is 0 Å². The minimum atomic E-state index is -0.140. The average molecular weight is 489 g/mol. The molecule has 0 fully saturated rings. The predicted molar refractivity (Wildman–Crippen MR) is 139 cm³/mol. The first-order valence-electron chi connectivity index (χ1n) is 12.5. The Labute approximate surface area is 210 Å². The first kappa shape index (κ1) is 30.5. The molecule has 0 heterocycles. The zero-order valence-electron chi connectivity index (χ0n) is 22.4. The van der Waals surface area contributed by atoms with Crippen LogP contribution >= 0.6 is 0 Å². The van der Waals surface area contributed by atoms with E-state index in [9.17, 15) is 19.2 Å². The fourth-order valence-electron chi connectivity index (χ4n) is 3.37. The Morgan fingerprint density at radius 2 is 1.49 bits per heavy atom. The summed E-state index contributed by atoms with van der Waals surface area (Å²) in [5, 5.41) is 5.77. The third-order valence-corrected chi connectivity index (χ3v) is 5.34. The van der Waals surface area contributed by atoms with E-state index in [0.29, 0.717) is 51.1 Å². The van der Waals surface area contributed by atoms with E-state index in [1.165, 1.54) is 6.92 Å². The number of rotatable bonds is 16. The maximum Gasteiger partial charge on any atom is 0.224 e. The summed E-state index contributed by atoms with van der Waals surface area (Å²) in [5.74, 6) is -0.369. The van der Waals surface area contributed by atoms with Gasteiger partial charge in [-0.3, -0.25) is 19.2 Å². The van der Waals surface area contributed by atoms with Crippen molar-refractivity contribution in [3.05, 3.63) is 29.8 Å². The fraction of sp³-hybridized carbons (Fsp3) is 0.643. The van der Waals surface area contributed by atoms with Crippen molar-refractivity contribution in [1.82, 2.24) is 5.32 Å². The van der Waals surface area contributed by atoms with Crippen LogP contribution in [0.5, 0.6) is 0 Å². The highest BCUT2D eigenvalue weighted by Gasteiger charge is 2.20. The lowest BCUT2D eigenvalue weighted by atomic mass is 9.90. The minimum Gasteiger partial charge on any atom is -0.380 e. The first-order valence-corrected chi connectivity index (χ1v) is 12.5. The molecule has 7 nitrogen and oxygen atoms in total. The molecule has 2 N–H and O–H groups in total. The van der Waals surface area contributed by atoms with Crippen LogP contribution in [0.1, 0.15) is 85.6 Å². The molecule has 0 bridgehead atoms. The molecule has 1 aromatic carbocycles. The molecule has 0 saturated carbocycles. The lowest BCUT2D eigenvalue weighted by Gasteiger charge is -2.27. The smallest absolute Gasteiger partial charge is 0.224 e. The third-order valence-electron chi connectivity index (χ3n) is 5.34. The van der Waals surface area contributed by atoms with Crippen LogP contribution < -0.4 is 10.6 Å². The second-order valence-electron chi connectivity index (χ2n) is 11.3. The van der Waals surface area contributed by atoms with Gasteiger partial charge in [0.2, 0.25) is 11.8 Å². The second kappa shape index (κ2) is 14.8. The summed E-state index contributed by atoms with van der Waals surface area (Å²) in [6.07, 6.45) is 2.75. The Morgan fingerprint density at radius 1 is 0.857 bits per heavy atom. The molecule has 35 heavy (non-hydrogen) atoms. The van der Waals surface area contributed by atoms with Gasteiger partial charge in [-0.05, 0) is 54.7 Å². The number of carbonyl (C=O) groups is 4. The molecule has 0 aliphatic carbocycles. The van der Waals surface area contributed by atoms with E-state index in [-0.39, 0.29) is 47.1 Å². The highest BCUT2D eigenvalue weighted by Crippen LogP contribution is 2.22. The first-order chi connectivity index (χ1) is 16.3. The molecule has 196 valence electrons. The van der Waals surface area contributed by atoms with E-state index in [0.717, 1.165) is 12.0 Å². The van der Waals surface area contributed by atoms with Crippen molar-refractivity contribution in [2.24, 2.45) is 10.8 Å². The predicted octanol–water partition coefficient (Wildman–Crippen LogP) is 4.87. The van der Waals surface area contributed by atoms with Crippen LogP contribution in [0.15, 0.2) is 24.3 Å². The van der Waals surface area contributed by atoms with E-state index in [1.807, 2.05) is 12.1 Å². The largest absolute Gasteiger partial charge is 0.380 e. The normalized spacial score (nSPS) is 11.7. The summed E-state index contributed by atoms with van der Waals surface area (Å²) in [5.41, 5.74) is 1.77. The van der Waals surface area contributed by atoms with Crippen molar-refractivity contribution in [3.8, 4) is 0 Å². The number of aryl methyl sites for hydroxylation is 1. The number of ether oxygens (including phenoxy) is 1. The van der Waals surface area contributed by atoms with Gasteiger partial charge >= 0.3 is 0 Å². The number of nitrogens with one attached hydrogen (secondary N) is 2. The fourth-order valence-corrected chi connectivity index (χ4v) is 3.37. The van der Waals surface area contributed by atoms with Gasteiger partial charge in [-0.15, -0.1) is 0 Å². The zero-order chi connectivity index (χ0) is 26.5. The average Bonchev–Trinajstić information content (AvgIpc) is 2.71. The van der Waals surface area contributed by atoms with Gasteiger partial charge in [0.1, 0.15) is 11.6 Å². The molecule has 0 aliphatic heterocycles. The maximum atomic E-state index is 12.2. The summed E-state index contributed by atoms with van der Waals surface area (Å²) in [6.45, 7) is 14.0. The molecular formula is C28H44N2O5. The van der Waals surface area contributed by atoms with Gasteiger partial charge in [-0.1, -0.05) is 46.8 Å². The number of Topliss-reactive ketones (excluding diaryl/α,β-unsaturated/α-hetero) is 2. The minimum absolute atomic E-state index is 0.0158. The molecule has 0 radical (unpaired) electrons. The zero-order valence-corrected chi connectivity index (χ0v) is 22.4. The SMILES string of the molecule is CC(=O)CC(=O)CCc1ccc(NC(=O)CCCC(=O)NCCC(C)(C)COCC(C)(C)C)cc1. The van der Waals surface area contributed by atoms with Crippen molar-refractivity contribution in [2.75, 3.05) is 25.1 Å². The molecule has 1 rings (SSSR count). The summed E-state index contributed by atoms with van der Waals surface area (Å²) in [4.78, 5) is 46.9. The van der Waals surface area contributed by atoms with Crippen molar-refractivity contribution in [2.45, 2.75) is 86.5 Å². The lowest BCUT2D eigenvalue weighted by molar-refractivity contribution is -0.126. The number of ketones is 2. The molecule has 0 saturated heterocycles. The number of hydrogen-bond donors (Lipinski definition) is 2. The van der Waals surface area contributed by atoms with Crippen LogP contribution in [0.2, 0.25) is 0 Å². The summed E-state index contributed by atoms with van der Waals surface area (Å²) in [6, 6.07) is 7.31. The number of carbonyl (C=O) groups excluding carboxylic acids is 4. The number of amides is 2. The van der Waals surface area contributed by atoms with Crippen LogP contribution in [0.25, 0.3) is 0 Å². The summed E-state index contributed by atoms with van der Waals surface area (Å²) >= 11 is 0. The van der Waals surface area contributed by atoms with Crippen LogP contribution in [0, 0.1) is 10.8 Å². The number of anilines is 1. The Kier molecular flexibility index (Phi) is 12.9. The van der Waals surface area contributed by atoms with E-state index >= 15 is 0 Å². The lowest BCUT2D eigenvalue weighted by Crippen LogP contribution is -2.31. The topological polar surface area (TPSA) is 102 Å². The van der Waals surface area contributed by atoms with Gasteiger partial charge in [-0.25, -0.2) is 0 Å². The molecule has 0 aliphatic rings. The van der Waals surface area contributed by atoms with Crippen molar-refractivity contribution in [1.29, 1.82) is 0 Å². The van der Waals surface area contributed by atoms with E-state index in [1.54, 1.807) is 12.1 Å². The van der Waals surface area contributed by atoms with Crippen LogP contribution in [0.3, 0.4) is 0 Å². The van der Waals surface area contributed by atoms with Crippen LogP contribution in [0.4, 0.5) is 5.69 Å². The van der Waals surface area contributed by atoms with Gasteiger partial charge in [0.25, 0.3) is 0 Å². The quantitative estimate of drug-likeness (QED) is 0.323. The standard InChI is InChI=1S/C28H44N2O5/c1-21(31)18-24(32)15-12-22-10-13-23(14-11-22)30-26(34)9-7-8-25(33)29-17-16-28(5,6)20-35-19-27(2,3)4/h10-11,13-14H,7-9,12,15-20H2,1-6H3,(H,29,33)(H,30,34). The molecule has 0 unspecified atom stereocenters. The molecule has 0 atom stereocenters. The summed E-state index contributed by atoms with van der Waals surface area (Å²) in [7, 11) is 0. The molecule has 7 heteroatoms. The molecule has 0 spiro atoms. The van der Waals surface area contributed by atoms with Gasteiger partial charge in [0.05, 0.1) is 19.6 Å². The highest BCUT2D eigenvalue weighted by molar-refractivity contribution is 5.98. The van der Waals surface area contributed by atoms with Crippen LogP contribution in [-0.2, 0) is 30.3 Å². The Morgan fingerprint density at radius 3 is 2.09 bits per heavy atom. The molecule has 0 aromatic heterocycles. The highest BCUT2D eigenvalue weighted by atomic mass is 16.5. The molecule has 2 amide bonds. The van der Waals surface area contributed by atoms with Gasteiger partial charge in [-0.2, -0.15) is 0 Å². The third kappa shape index (κ3) is 15.9. The van der Waals surface area contributed by atoms with Crippen LogP contribution in [-0.4, -0.2) is 43.1 Å². The Bertz CT molecular complexity index is 838. The number of benzene rings is 1. The van der Waals surface area contributed by atoms with Crippen molar-refractivity contribution >= 4 is 29.1 Å². The monoisotopic (exact) mass is 488 g/mol. The Hall–Kier alpha value is -2.54. The van der Waals surface area contributed by atoms with Crippen molar-refractivity contribution in [3.63, 3.8) is 0 Å². The molecule has 1 aromatic rings. The van der Waals surface area contributed by atoms with E-state index in [2.05, 4.69) is 45.3 Å².